The predicted octanol–water partition coefficient (Wildman–Crippen LogP) is 3.52. The molecule has 0 fully saturated rings. The molecule has 0 radical (unpaired) electrons. The monoisotopic (exact) mass is 294 g/mol. The summed E-state index contributed by atoms with van der Waals surface area (Å²) in [5.41, 5.74) is 1.27. The molecule has 112 valence electrons. The van der Waals surface area contributed by atoms with Crippen LogP contribution >= 0.6 is 11.3 Å². The summed E-state index contributed by atoms with van der Waals surface area (Å²) in [6.45, 7) is 8.70. The van der Waals surface area contributed by atoms with E-state index in [9.17, 15) is 0 Å². The van der Waals surface area contributed by atoms with Gasteiger partial charge in [-0.3, -0.25) is 4.40 Å². The van der Waals surface area contributed by atoms with Crippen molar-refractivity contribution in [3.8, 4) is 0 Å². The van der Waals surface area contributed by atoms with Crippen LogP contribution in [0.5, 0.6) is 0 Å². The number of anilines is 1. The molecular weight excluding hydrogens is 268 g/mol. The Hall–Kier alpha value is -1.07. The van der Waals surface area contributed by atoms with E-state index in [2.05, 4.69) is 47.0 Å². The van der Waals surface area contributed by atoms with Crippen LogP contribution in [0, 0.1) is 0 Å². The summed E-state index contributed by atoms with van der Waals surface area (Å²) in [5.74, 6) is 1.15. The Labute approximate surface area is 125 Å². The Morgan fingerprint density at radius 3 is 2.85 bits per heavy atom. The van der Waals surface area contributed by atoms with Gasteiger partial charge in [-0.25, -0.2) is 4.98 Å². The van der Waals surface area contributed by atoms with Gasteiger partial charge in [0.25, 0.3) is 0 Å². The summed E-state index contributed by atoms with van der Waals surface area (Å²) in [4.78, 5) is 8.39. The third-order valence-corrected chi connectivity index (χ3v) is 4.34. The Balaban J connectivity index is 2.30. The van der Waals surface area contributed by atoms with Crippen molar-refractivity contribution < 1.29 is 0 Å². The molecule has 0 unspecified atom stereocenters. The summed E-state index contributed by atoms with van der Waals surface area (Å²) in [6.07, 6.45) is 5.90. The van der Waals surface area contributed by atoms with Gasteiger partial charge in [-0.1, -0.05) is 19.8 Å². The minimum absolute atomic E-state index is 0.479. The molecule has 2 heterocycles. The molecule has 0 aliphatic rings. The van der Waals surface area contributed by atoms with Crippen LogP contribution in [0.1, 0.15) is 45.7 Å². The van der Waals surface area contributed by atoms with Crippen LogP contribution in [0.4, 0.5) is 5.82 Å². The number of unbranched alkanes of at least 4 members (excludes halogenated alkanes) is 2. The van der Waals surface area contributed by atoms with E-state index in [4.69, 9.17) is 4.98 Å². The Morgan fingerprint density at radius 1 is 1.40 bits per heavy atom. The molecule has 0 aliphatic heterocycles. The fourth-order valence-corrected chi connectivity index (χ4v) is 3.25. The van der Waals surface area contributed by atoms with Gasteiger partial charge in [-0.05, 0) is 27.3 Å². The first kappa shape index (κ1) is 15.3. The minimum atomic E-state index is 0.479. The number of aromatic nitrogens is 2. The third kappa shape index (κ3) is 3.15. The molecule has 0 aliphatic carbocycles. The van der Waals surface area contributed by atoms with Gasteiger partial charge in [0.1, 0.15) is 0 Å². The highest BCUT2D eigenvalue weighted by Gasteiger charge is 2.20. The van der Waals surface area contributed by atoms with Crippen molar-refractivity contribution in [2.45, 2.75) is 52.6 Å². The average Bonchev–Trinajstić information content (AvgIpc) is 2.98. The lowest BCUT2D eigenvalue weighted by Crippen LogP contribution is -2.33. The minimum Gasteiger partial charge on any atom is -0.353 e. The molecule has 0 atom stereocenters. The van der Waals surface area contributed by atoms with E-state index in [-0.39, 0.29) is 0 Å². The van der Waals surface area contributed by atoms with Gasteiger partial charge in [0, 0.05) is 30.7 Å². The highest BCUT2D eigenvalue weighted by Crippen LogP contribution is 2.26. The van der Waals surface area contributed by atoms with Gasteiger partial charge in [0.15, 0.2) is 10.8 Å². The molecule has 20 heavy (non-hydrogen) atoms. The number of nitrogens with zero attached hydrogens (tertiary/aromatic N) is 3. The van der Waals surface area contributed by atoms with E-state index in [1.807, 2.05) is 7.05 Å². The SMILES string of the molecule is CCCCCN(c1nc2sccn2c1CNC)C(C)C. The zero-order chi connectivity index (χ0) is 14.5. The standard InChI is InChI=1S/C15H26N4S/c1-5-6-7-8-18(12(2)3)14-13(11-16-4)19-9-10-20-15(19)17-14/h9-10,12,16H,5-8,11H2,1-4H3. The summed E-state index contributed by atoms with van der Waals surface area (Å²) >= 11 is 1.70. The first-order valence-corrected chi connectivity index (χ1v) is 8.42. The lowest BCUT2D eigenvalue weighted by molar-refractivity contribution is 0.616. The molecule has 1 N–H and O–H groups in total. The largest absolute Gasteiger partial charge is 0.353 e. The number of rotatable bonds is 8. The molecule has 0 aromatic carbocycles. The molecule has 0 saturated heterocycles. The van der Waals surface area contributed by atoms with Crippen molar-refractivity contribution in [1.82, 2.24) is 14.7 Å². The Morgan fingerprint density at radius 2 is 2.20 bits per heavy atom. The summed E-state index contributed by atoms with van der Waals surface area (Å²) in [6, 6.07) is 0.479. The number of thiazole rings is 1. The van der Waals surface area contributed by atoms with Crippen LogP contribution in [0.25, 0.3) is 4.96 Å². The van der Waals surface area contributed by atoms with Gasteiger partial charge in [-0.15, -0.1) is 11.3 Å². The van der Waals surface area contributed by atoms with Crippen molar-refractivity contribution in [3.05, 3.63) is 17.3 Å². The molecule has 0 amide bonds. The Kier molecular flexibility index (Phi) is 5.43. The smallest absolute Gasteiger partial charge is 0.195 e. The first-order chi connectivity index (χ1) is 9.69. The molecular formula is C15H26N4S. The number of fused-ring (bicyclic) bond motifs is 1. The van der Waals surface area contributed by atoms with Gasteiger partial charge in [-0.2, -0.15) is 0 Å². The van der Waals surface area contributed by atoms with E-state index >= 15 is 0 Å². The quantitative estimate of drug-likeness (QED) is 0.756. The van der Waals surface area contributed by atoms with Crippen molar-refractivity contribution in [2.24, 2.45) is 0 Å². The van der Waals surface area contributed by atoms with E-state index in [1.165, 1.54) is 25.0 Å². The molecule has 5 heteroatoms. The van der Waals surface area contributed by atoms with Crippen LogP contribution < -0.4 is 10.2 Å². The summed E-state index contributed by atoms with van der Waals surface area (Å²) in [5, 5.41) is 5.37. The number of hydrogen-bond donors (Lipinski definition) is 1. The zero-order valence-electron chi connectivity index (χ0n) is 13.0. The molecule has 0 spiro atoms. The normalized spacial score (nSPS) is 11.7. The van der Waals surface area contributed by atoms with Gasteiger partial charge < -0.3 is 10.2 Å². The van der Waals surface area contributed by atoms with E-state index in [0.29, 0.717) is 6.04 Å². The van der Waals surface area contributed by atoms with Crippen molar-refractivity contribution in [1.29, 1.82) is 0 Å². The molecule has 0 bridgehead atoms. The van der Waals surface area contributed by atoms with E-state index in [1.54, 1.807) is 11.3 Å². The first-order valence-electron chi connectivity index (χ1n) is 7.54. The maximum absolute atomic E-state index is 4.86. The lowest BCUT2D eigenvalue weighted by atomic mass is 10.2. The van der Waals surface area contributed by atoms with Crippen molar-refractivity contribution >= 4 is 22.1 Å². The number of nitrogens with one attached hydrogen (secondary N) is 1. The molecule has 0 saturated carbocycles. The Bertz CT molecular complexity index is 529. The highest BCUT2D eigenvalue weighted by atomic mass is 32.1. The van der Waals surface area contributed by atoms with Crippen LogP contribution in [-0.4, -0.2) is 29.0 Å². The second-order valence-electron chi connectivity index (χ2n) is 5.46. The second kappa shape index (κ2) is 7.09. The van der Waals surface area contributed by atoms with Crippen molar-refractivity contribution in [2.75, 3.05) is 18.5 Å². The third-order valence-electron chi connectivity index (χ3n) is 3.58. The second-order valence-corrected chi connectivity index (χ2v) is 6.34. The predicted molar refractivity (Wildman–Crippen MR) is 87.8 cm³/mol. The summed E-state index contributed by atoms with van der Waals surface area (Å²) < 4.78 is 2.21. The molecule has 2 aromatic rings. The lowest BCUT2D eigenvalue weighted by Gasteiger charge is -2.28. The van der Waals surface area contributed by atoms with Crippen LogP contribution in [0.15, 0.2) is 11.6 Å². The van der Waals surface area contributed by atoms with E-state index in [0.717, 1.165) is 23.9 Å². The fraction of sp³-hybridized carbons (Fsp3) is 0.667. The highest BCUT2D eigenvalue weighted by molar-refractivity contribution is 7.15. The topological polar surface area (TPSA) is 32.6 Å². The van der Waals surface area contributed by atoms with Gasteiger partial charge >= 0.3 is 0 Å². The maximum atomic E-state index is 4.86. The summed E-state index contributed by atoms with van der Waals surface area (Å²) in [7, 11) is 1.99. The molecule has 2 rings (SSSR count). The maximum Gasteiger partial charge on any atom is 0.195 e. The number of imidazole rings is 1. The van der Waals surface area contributed by atoms with Crippen LogP contribution in [0.3, 0.4) is 0 Å². The van der Waals surface area contributed by atoms with Crippen molar-refractivity contribution in [3.63, 3.8) is 0 Å². The van der Waals surface area contributed by atoms with Crippen LogP contribution in [-0.2, 0) is 6.54 Å². The van der Waals surface area contributed by atoms with Crippen LogP contribution in [0.2, 0.25) is 0 Å². The zero-order valence-corrected chi connectivity index (χ0v) is 13.8. The fourth-order valence-electron chi connectivity index (χ4n) is 2.52. The molecule has 2 aromatic heterocycles. The molecule has 4 nitrogen and oxygen atoms in total. The van der Waals surface area contributed by atoms with Gasteiger partial charge in [0.2, 0.25) is 0 Å². The van der Waals surface area contributed by atoms with Gasteiger partial charge in [0.05, 0.1) is 5.69 Å². The van der Waals surface area contributed by atoms with E-state index < -0.39 is 0 Å². The average molecular weight is 294 g/mol. The number of hydrogen-bond acceptors (Lipinski definition) is 4.